The number of anilines is 3. The minimum absolute atomic E-state index is 0.271. The van der Waals surface area contributed by atoms with E-state index in [0.717, 1.165) is 45.3 Å². The molecule has 40 heavy (non-hydrogen) atoms. The van der Waals surface area contributed by atoms with Gasteiger partial charge in [0.2, 0.25) is 5.82 Å². The summed E-state index contributed by atoms with van der Waals surface area (Å²) in [5.41, 5.74) is 6.39. The zero-order valence-corrected chi connectivity index (χ0v) is 22.0. The largest absolute Gasteiger partial charge is 0.497 e. The Kier molecular flexibility index (Phi) is 7.94. The SMILES string of the molecule is COc1ccc(N(c2ccc(/C=C/c3ccc(/C=C(\C#N)c4nn[nH]n4)cc3)cc2)c2ccc(OC)cc2)cc1. The maximum atomic E-state index is 9.39. The lowest BCUT2D eigenvalue weighted by molar-refractivity contribution is 0.415. The molecule has 196 valence electrons. The topological polar surface area (TPSA) is 100.0 Å². The van der Waals surface area contributed by atoms with Crippen LogP contribution < -0.4 is 14.4 Å². The number of nitriles is 1. The first kappa shape index (κ1) is 25.9. The Labute approximate surface area is 232 Å². The van der Waals surface area contributed by atoms with E-state index in [-0.39, 0.29) is 5.82 Å². The first-order valence-corrected chi connectivity index (χ1v) is 12.5. The summed E-state index contributed by atoms with van der Waals surface area (Å²) in [6, 6.07) is 34.3. The van der Waals surface area contributed by atoms with E-state index in [1.807, 2.05) is 72.8 Å². The number of nitrogens with zero attached hydrogens (tertiary/aromatic N) is 5. The van der Waals surface area contributed by atoms with E-state index in [1.165, 1.54) is 0 Å². The van der Waals surface area contributed by atoms with Gasteiger partial charge in [-0.15, -0.1) is 10.2 Å². The van der Waals surface area contributed by atoms with Crippen LogP contribution in [0, 0.1) is 11.3 Å². The molecule has 0 aliphatic rings. The van der Waals surface area contributed by atoms with Gasteiger partial charge in [0.25, 0.3) is 0 Å². The lowest BCUT2D eigenvalue weighted by atomic mass is 10.1. The molecule has 0 aliphatic heterocycles. The Bertz CT molecular complexity index is 1590. The Morgan fingerprint density at radius 3 is 1.57 bits per heavy atom. The van der Waals surface area contributed by atoms with Gasteiger partial charge in [-0.05, 0) is 88.6 Å². The summed E-state index contributed by atoms with van der Waals surface area (Å²) in [6.45, 7) is 0. The predicted octanol–water partition coefficient (Wildman–Crippen LogP) is 6.92. The molecule has 8 nitrogen and oxygen atoms in total. The van der Waals surface area contributed by atoms with Gasteiger partial charge in [0.15, 0.2) is 0 Å². The molecule has 0 fully saturated rings. The third kappa shape index (κ3) is 6.06. The van der Waals surface area contributed by atoms with Gasteiger partial charge >= 0.3 is 0 Å². The first-order chi connectivity index (χ1) is 19.7. The van der Waals surface area contributed by atoms with Crippen LogP contribution in [0.4, 0.5) is 17.1 Å². The average Bonchev–Trinajstić information content (AvgIpc) is 3.56. The maximum Gasteiger partial charge on any atom is 0.215 e. The molecule has 1 aromatic heterocycles. The summed E-state index contributed by atoms with van der Waals surface area (Å²) in [7, 11) is 3.33. The van der Waals surface area contributed by atoms with Crippen molar-refractivity contribution in [1.82, 2.24) is 20.6 Å². The van der Waals surface area contributed by atoms with Crippen molar-refractivity contribution in [2.75, 3.05) is 19.1 Å². The van der Waals surface area contributed by atoms with Crippen LogP contribution in [0.15, 0.2) is 97.1 Å². The van der Waals surface area contributed by atoms with Crippen molar-refractivity contribution in [1.29, 1.82) is 5.26 Å². The van der Waals surface area contributed by atoms with Gasteiger partial charge in [0.1, 0.15) is 23.1 Å². The minimum Gasteiger partial charge on any atom is -0.497 e. The number of ether oxygens (including phenoxy) is 2. The molecule has 5 rings (SSSR count). The monoisotopic (exact) mass is 526 g/mol. The molecule has 0 amide bonds. The Balaban J connectivity index is 1.35. The zero-order chi connectivity index (χ0) is 27.7. The van der Waals surface area contributed by atoms with E-state index in [4.69, 9.17) is 9.47 Å². The zero-order valence-electron chi connectivity index (χ0n) is 22.0. The molecule has 1 N–H and O–H groups in total. The minimum atomic E-state index is 0.271. The second kappa shape index (κ2) is 12.2. The molecule has 0 saturated carbocycles. The van der Waals surface area contributed by atoms with Gasteiger partial charge in [-0.25, -0.2) is 0 Å². The van der Waals surface area contributed by atoms with Crippen LogP contribution in [-0.4, -0.2) is 34.8 Å². The lowest BCUT2D eigenvalue weighted by Gasteiger charge is -2.26. The van der Waals surface area contributed by atoms with Gasteiger partial charge < -0.3 is 14.4 Å². The molecule has 0 atom stereocenters. The third-order valence-electron chi connectivity index (χ3n) is 6.23. The number of H-pyrrole nitrogens is 1. The molecule has 0 saturated heterocycles. The number of aromatic amines is 1. The molecular weight excluding hydrogens is 500 g/mol. The highest BCUT2D eigenvalue weighted by molar-refractivity contribution is 5.87. The average molecular weight is 527 g/mol. The molecule has 0 bridgehead atoms. The van der Waals surface area contributed by atoms with E-state index < -0.39 is 0 Å². The van der Waals surface area contributed by atoms with Crippen LogP contribution in [0.5, 0.6) is 11.5 Å². The number of allylic oxidation sites excluding steroid dienone is 1. The second-order valence-electron chi connectivity index (χ2n) is 8.73. The molecule has 1 heterocycles. The summed E-state index contributed by atoms with van der Waals surface area (Å²) in [6.07, 6.45) is 5.85. The fourth-order valence-electron chi connectivity index (χ4n) is 4.13. The standard InChI is InChI=1S/C32H26N6O2/c1-39-30-17-13-28(14-18-30)38(29-15-19-31(40-2)20-16-29)27-11-9-24(10-12-27)4-3-23-5-7-25(8-6-23)21-26(22-33)32-34-36-37-35-32/h3-21H,1-2H3,(H,34,35,36,37)/b4-3+,26-21+. The van der Waals surface area contributed by atoms with Gasteiger partial charge in [-0.2, -0.15) is 10.5 Å². The quantitative estimate of drug-likeness (QED) is 0.164. The van der Waals surface area contributed by atoms with Crippen LogP contribution in [-0.2, 0) is 0 Å². The predicted molar refractivity (Wildman–Crippen MR) is 157 cm³/mol. The van der Waals surface area contributed by atoms with Crippen molar-refractivity contribution in [3.63, 3.8) is 0 Å². The Hall–Kier alpha value is -5.68. The summed E-state index contributed by atoms with van der Waals surface area (Å²) in [5.74, 6) is 1.88. The van der Waals surface area contributed by atoms with Crippen LogP contribution in [0.2, 0.25) is 0 Å². The van der Waals surface area contributed by atoms with Gasteiger partial charge in [-0.1, -0.05) is 48.6 Å². The molecule has 0 radical (unpaired) electrons. The van der Waals surface area contributed by atoms with Crippen molar-refractivity contribution < 1.29 is 9.47 Å². The van der Waals surface area contributed by atoms with E-state index in [1.54, 1.807) is 20.3 Å². The van der Waals surface area contributed by atoms with Crippen LogP contribution >= 0.6 is 0 Å². The highest BCUT2D eigenvalue weighted by atomic mass is 16.5. The second-order valence-corrected chi connectivity index (χ2v) is 8.73. The molecule has 5 aromatic rings. The van der Waals surface area contributed by atoms with Crippen LogP contribution in [0.3, 0.4) is 0 Å². The fraction of sp³-hybridized carbons (Fsp3) is 0.0625. The summed E-state index contributed by atoms with van der Waals surface area (Å²) >= 11 is 0. The number of hydrogen-bond donors (Lipinski definition) is 1. The van der Waals surface area contributed by atoms with Crippen molar-refractivity contribution in [2.24, 2.45) is 0 Å². The number of nitrogens with one attached hydrogen (secondary N) is 1. The number of rotatable bonds is 9. The highest BCUT2D eigenvalue weighted by Gasteiger charge is 2.13. The van der Waals surface area contributed by atoms with Gasteiger partial charge in [-0.3, -0.25) is 0 Å². The van der Waals surface area contributed by atoms with E-state index in [0.29, 0.717) is 5.57 Å². The van der Waals surface area contributed by atoms with Crippen molar-refractivity contribution in [3.05, 3.63) is 120 Å². The summed E-state index contributed by atoms with van der Waals surface area (Å²) in [5, 5.41) is 23.0. The van der Waals surface area contributed by atoms with Crippen LogP contribution in [0.1, 0.15) is 22.5 Å². The number of hydrogen-bond acceptors (Lipinski definition) is 7. The van der Waals surface area contributed by atoms with Crippen molar-refractivity contribution >= 4 is 40.9 Å². The molecule has 4 aromatic carbocycles. The van der Waals surface area contributed by atoms with Crippen molar-refractivity contribution in [3.8, 4) is 17.6 Å². The van der Waals surface area contributed by atoms with E-state index in [2.05, 4.69) is 68.0 Å². The number of methoxy groups -OCH3 is 2. The lowest BCUT2D eigenvalue weighted by Crippen LogP contribution is -2.09. The van der Waals surface area contributed by atoms with Crippen LogP contribution in [0.25, 0.3) is 23.8 Å². The van der Waals surface area contributed by atoms with Gasteiger partial charge in [0, 0.05) is 17.1 Å². The summed E-state index contributed by atoms with van der Waals surface area (Å²) < 4.78 is 10.7. The van der Waals surface area contributed by atoms with E-state index in [9.17, 15) is 5.26 Å². The van der Waals surface area contributed by atoms with Gasteiger partial charge in [0.05, 0.1) is 14.2 Å². The van der Waals surface area contributed by atoms with E-state index >= 15 is 0 Å². The first-order valence-electron chi connectivity index (χ1n) is 12.5. The molecule has 0 unspecified atom stereocenters. The highest BCUT2D eigenvalue weighted by Crippen LogP contribution is 2.36. The smallest absolute Gasteiger partial charge is 0.215 e. The number of aromatic nitrogens is 4. The molecule has 8 heteroatoms. The Morgan fingerprint density at radius 1 is 0.700 bits per heavy atom. The third-order valence-corrected chi connectivity index (χ3v) is 6.23. The normalized spacial score (nSPS) is 11.3. The Morgan fingerprint density at radius 2 is 1.15 bits per heavy atom. The maximum absolute atomic E-state index is 9.39. The van der Waals surface area contributed by atoms with Crippen molar-refractivity contribution in [2.45, 2.75) is 0 Å². The number of benzene rings is 4. The number of tetrazole rings is 1. The molecule has 0 spiro atoms. The molecule has 0 aliphatic carbocycles. The molecular formula is C32H26N6O2. The summed E-state index contributed by atoms with van der Waals surface area (Å²) in [4.78, 5) is 2.18. The fourth-order valence-corrected chi connectivity index (χ4v) is 4.13.